The minimum absolute atomic E-state index is 0.337. The molecule has 3 aliphatic rings. The maximum absolute atomic E-state index is 10.5. The highest BCUT2D eigenvalue weighted by Crippen LogP contribution is 2.34. The third-order valence-electron chi connectivity index (χ3n) is 5.68. The summed E-state index contributed by atoms with van der Waals surface area (Å²) in [6.07, 6.45) is 7.17. The van der Waals surface area contributed by atoms with Crippen LogP contribution in [0.25, 0.3) is 33.4 Å². The van der Waals surface area contributed by atoms with Crippen molar-refractivity contribution >= 4 is 10.9 Å². The number of rotatable bonds is 3. The van der Waals surface area contributed by atoms with Crippen molar-refractivity contribution in [3.05, 3.63) is 60.0 Å². The first-order chi connectivity index (χ1) is 14.2. The molecule has 0 aliphatic carbocycles. The summed E-state index contributed by atoms with van der Waals surface area (Å²) in [5, 5.41) is 20.4. The van der Waals surface area contributed by atoms with Gasteiger partial charge >= 0.3 is 0 Å². The number of nitriles is 1. The molecular weight excluding hydrogens is 362 g/mol. The van der Waals surface area contributed by atoms with Gasteiger partial charge in [0.25, 0.3) is 0 Å². The van der Waals surface area contributed by atoms with Crippen molar-refractivity contribution in [2.24, 2.45) is 0 Å². The van der Waals surface area contributed by atoms with Crippen LogP contribution in [-0.4, -0.2) is 37.9 Å². The SMILES string of the molecule is N#Cc1cc2c3cc(-c4ccc(CN5CCCCC5)cc4)cn(O)c-3nc2cn1. The molecule has 0 unspecified atom stereocenters. The van der Waals surface area contributed by atoms with Crippen LogP contribution in [0.3, 0.4) is 0 Å². The molecular formula is C23H21N5O. The van der Waals surface area contributed by atoms with Crippen LogP contribution in [0.2, 0.25) is 0 Å². The Hall–Kier alpha value is -3.43. The Bertz CT molecular complexity index is 1180. The van der Waals surface area contributed by atoms with Gasteiger partial charge in [-0.25, -0.2) is 9.97 Å². The lowest BCUT2D eigenvalue weighted by molar-refractivity contribution is 0.187. The Morgan fingerprint density at radius 3 is 2.59 bits per heavy atom. The van der Waals surface area contributed by atoms with Crippen molar-refractivity contribution in [3.63, 3.8) is 0 Å². The number of fused-ring (bicyclic) bond motifs is 3. The monoisotopic (exact) mass is 383 g/mol. The van der Waals surface area contributed by atoms with Crippen LogP contribution in [0.1, 0.15) is 30.5 Å². The second kappa shape index (κ2) is 7.19. The molecule has 0 amide bonds. The fraction of sp³-hybridized carbons (Fsp3) is 0.261. The van der Waals surface area contributed by atoms with Gasteiger partial charge in [0.2, 0.25) is 0 Å². The lowest BCUT2D eigenvalue weighted by atomic mass is 10.0. The molecule has 144 valence electrons. The minimum Gasteiger partial charge on any atom is -0.427 e. The van der Waals surface area contributed by atoms with Crippen LogP contribution in [0.5, 0.6) is 0 Å². The number of benzene rings is 1. The molecule has 0 saturated carbocycles. The summed E-state index contributed by atoms with van der Waals surface area (Å²) in [4.78, 5) is 11.0. The highest BCUT2D eigenvalue weighted by Gasteiger charge is 2.18. The Morgan fingerprint density at radius 1 is 1.03 bits per heavy atom. The predicted octanol–water partition coefficient (Wildman–Crippen LogP) is 4.30. The summed E-state index contributed by atoms with van der Waals surface area (Å²) in [5.74, 6) is 0.461. The van der Waals surface area contributed by atoms with Gasteiger partial charge in [-0.3, -0.25) is 4.90 Å². The molecule has 1 saturated heterocycles. The Labute approximate surface area is 169 Å². The van der Waals surface area contributed by atoms with Crippen LogP contribution in [-0.2, 0) is 6.54 Å². The summed E-state index contributed by atoms with van der Waals surface area (Å²) in [6, 6.07) is 14.3. The van der Waals surface area contributed by atoms with Crippen LogP contribution in [0.4, 0.5) is 0 Å². The molecule has 0 atom stereocenters. The first kappa shape index (κ1) is 17.7. The maximum atomic E-state index is 10.5. The van der Waals surface area contributed by atoms with E-state index in [4.69, 9.17) is 5.26 Å². The molecule has 4 heterocycles. The zero-order chi connectivity index (χ0) is 19.8. The normalized spacial score (nSPS) is 15.0. The average molecular weight is 383 g/mol. The van der Waals surface area contributed by atoms with E-state index < -0.39 is 0 Å². The van der Waals surface area contributed by atoms with E-state index in [-0.39, 0.29) is 0 Å². The summed E-state index contributed by atoms with van der Waals surface area (Å²) >= 11 is 0. The molecule has 5 rings (SSSR count). The molecule has 6 heteroatoms. The van der Waals surface area contributed by atoms with E-state index in [0.717, 1.165) is 33.4 Å². The number of likely N-dealkylation sites (tertiary alicyclic amines) is 1. The van der Waals surface area contributed by atoms with Crippen molar-refractivity contribution in [1.29, 1.82) is 5.26 Å². The molecule has 6 nitrogen and oxygen atoms in total. The summed E-state index contributed by atoms with van der Waals surface area (Å²) in [6.45, 7) is 3.35. The number of hydrogen-bond donors (Lipinski definition) is 1. The van der Waals surface area contributed by atoms with Crippen molar-refractivity contribution in [3.8, 4) is 28.6 Å². The van der Waals surface area contributed by atoms with Crippen LogP contribution in [0, 0.1) is 11.3 Å². The lowest BCUT2D eigenvalue weighted by Gasteiger charge is -2.26. The van der Waals surface area contributed by atoms with Crippen molar-refractivity contribution in [2.75, 3.05) is 13.1 Å². The molecule has 2 aromatic rings. The van der Waals surface area contributed by atoms with Gasteiger partial charge in [0.1, 0.15) is 11.8 Å². The van der Waals surface area contributed by atoms with Crippen LogP contribution >= 0.6 is 0 Å². The highest BCUT2D eigenvalue weighted by atomic mass is 16.5. The molecule has 1 N–H and O–H groups in total. The van der Waals surface area contributed by atoms with Crippen molar-refractivity contribution in [2.45, 2.75) is 25.8 Å². The quantitative estimate of drug-likeness (QED) is 0.534. The Morgan fingerprint density at radius 2 is 1.83 bits per heavy atom. The van der Waals surface area contributed by atoms with Crippen molar-refractivity contribution in [1.82, 2.24) is 19.6 Å². The van der Waals surface area contributed by atoms with E-state index in [2.05, 4.69) is 45.2 Å². The van der Waals surface area contributed by atoms with E-state index in [9.17, 15) is 5.21 Å². The largest absolute Gasteiger partial charge is 0.427 e. The molecule has 1 aromatic carbocycles. The second-order valence-corrected chi connectivity index (χ2v) is 7.65. The van der Waals surface area contributed by atoms with Gasteiger partial charge in [0.05, 0.1) is 17.9 Å². The first-order valence-corrected chi connectivity index (χ1v) is 9.94. The maximum Gasteiger partial charge on any atom is 0.176 e. The number of pyridine rings is 2. The van der Waals surface area contributed by atoms with E-state index in [1.165, 1.54) is 37.9 Å². The summed E-state index contributed by atoms with van der Waals surface area (Å²) in [5.41, 5.74) is 5.03. The van der Waals surface area contributed by atoms with E-state index >= 15 is 0 Å². The van der Waals surface area contributed by atoms with Gasteiger partial charge in [-0.1, -0.05) is 30.7 Å². The smallest absolute Gasteiger partial charge is 0.176 e. The summed E-state index contributed by atoms with van der Waals surface area (Å²) in [7, 11) is 0. The molecule has 29 heavy (non-hydrogen) atoms. The standard InChI is InChI=1S/C23H21N5O/c24-12-19-11-20-21-10-18(15-28(29)23(21)26-22(20)13-25-19)17-6-4-16(5-7-17)14-27-8-2-1-3-9-27/h4-7,10-11,13,15,29H,1-3,8-9,14H2. The molecule has 3 aliphatic heterocycles. The fourth-order valence-electron chi connectivity index (χ4n) is 4.15. The third-order valence-corrected chi connectivity index (χ3v) is 5.68. The molecule has 0 bridgehead atoms. The molecule has 1 aromatic heterocycles. The third kappa shape index (κ3) is 3.30. The first-order valence-electron chi connectivity index (χ1n) is 9.94. The van der Waals surface area contributed by atoms with Gasteiger partial charge in [0.15, 0.2) is 5.82 Å². The van der Waals surface area contributed by atoms with Crippen molar-refractivity contribution < 1.29 is 5.21 Å². The Balaban J connectivity index is 1.50. The Kier molecular flexibility index (Phi) is 4.38. The van der Waals surface area contributed by atoms with Gasteiger partial charge in [-0.05, 0) is 49.2 Å². The zero-order valence-corrected chi connectivity index (χ0v) is 16.0. The molecule has 0 spiro atoms. The number of piperidine rings is 1. The van der Waals surface area contributed by atoms with E-state index in [0.29, 0.717) is 17.0 Å². The highest BCUT2D eigenvalue weighted by molar-refractivity contribution is 5.97. The van der Waals surface area contributed by atoms with Crippen LogP contribution < -0.4 is 0 Å². The molecule has 0 radical (unpaired) electrons. The van der Waals surface area contributed by atoms with Gasteiger partial charge in [0, 0.05) is 23.1 Å². The van der Waals surface area contributed by atoms with E-state index in [1.54, 1.807) is 18.5 Å². The predicted molar refractivity (Wildman–Crippen MR) is 111 cm³/mol. The number of hydrogen-bond acceptors (Lipinski definition) is 5. The van der Waals surface area contributed by atoms with Gasteiger partial charge < -0.3 is 5.21 Å². The average Bonchev–Trinajstić information content (AvgIpc) is 3.13. The zero-order valence-electron chi connectivity index (χ0n) is 16.0. The topological polar surface area (TPSA) is 78.0 Å². The molecule has 1 fully saturated rings. The van der Waals surface area contributed by atoms with Crippen LogP contribution in [0.15, 0.2) is 48.8 Å². The lowest BCUT2D eigenvalue weighted by Crippen LogP contribution is -2.28. The second-order valence-electron chi connectivity index (χ2n) is 7.65. The summed E-state index contributed by atoms with van der Waals surface area (Å²) < 4.78 is 1.05. The van der Waals surface area contributed by atoms with E-state index in [1.807, 2.05) is 6.07 Å². The number of nitrogens with zero attached hydrogens (tertiary/aromatic N) is 5. The number of aromatic nitrogens is 3. The van der Waals surface area contributed by atoms with Gasteiger partial charge in [-0.15, -0.1) is 0 Å². The fourth-order valence-corrected chi connectivity index (χ4v) is 4.15. The minimum atomic E-state index is 0.337. The van der Waals surface area contributed by atoms with Gasteiger partial charge in [-0.2, -0.15) is 9.99 Å².